The molecular formula is C38H38N6O6S. The van der Waals surface area contributed by atoms with Gasteiger partial charge in [-0.05, 0) is 81.1 Å². The van der Waals surface area contributed by atoms with E-state index in [0.717, 1.165) is 46.1 Å². The van der Waals surface area contributed by atoms with E-state index in [0.29, 0.717) is 23.0 Å². The van der Waals surface area contributed by atoms with Crippen molar-refractivity contribution >= 4 is 38.7 Å². The number of likely N-dealkylation sites (tertiary alicyclic amines) is 1. The fraction of sp³-hybridized carbons (Fsp3) is 0.316. The molecule has 5 aromatic rings. The number of amides is 2. The number of aryl methyl sites for hydroxylation is 2. The number of methoxy groups -OCH3 is 1. The van der Waals surface area contributed by atoms with Crippen LogP contribution >= 0.6 is 0 Å². The van der Waals surface area contributed by atoms with Crippen molar-refractivity contribution in [2.45, 2.75) is 63.1 Å². The van der Waals surface area contributed by atoms with Crippen molar-refractivity contribution in [1.29, 1.82) is 0 Å². The molecule has 2 fully saturated rings. The van der Waals surface area contributed by atoms with Crippen molar-refractivity contribution in [1.82, 2.24) is 24.8 Å². The van der Waals surface area contributed by atoms with E-state index in [1.807, 2.05) is 57.2 Å². The number of benzene rings is 3. The SMILES string of the molecule is COc1ccc2c(c1)c(C(=O)N1CCC3(CC1)NC(=O)c1cccc(c1)S(=O)(=O)Nc1nc(cc(-c4c(C)cccc4C)n1)O3)c(C)n2C1CC1. The Bertz CT molecular complexity index is 2340. The zero-order valence-electron chi connectivity index (χ0n) is 28.8. The fourth-order valence-electron chi connectivity index (χ4n) is 7.44. The van der Waals surface area contributed by atoms with Gasteiger partial charge < -0.3 is 24.3 Å². The van der Waals surface area contributed by atoms with Gasteiger partial charge in [0.05, 0.1) is 23.3 Å². The van der Waals surface area contributed by atoms with Crippen LogP contribution in [-0.2, 0) is 10.0 Å². The van der Waals surface area contributed by atoms with E-state index >= 15 is 0 Å². The Labute approximate surface area is 295 Å². The highest BCUT2D eigenvalue weighted by atomic mass is 32.2. The lowest BCUT2D eigenvalue weighted by Gasteiger charge is -2.42. The van der Waals surface area contributed by atoms with Crippen LogP contribution in [0.3, 0.4) is 0 Å². The molecule has 2 aromatic heterocycles. The minimum atomic E-state index is -4.15. The number of carbonyl (C=O) groups is 2. The fourth-order valence-corrected chi connectivity index (χ4v) is 8.43. The number of ether oxygens (including phenoxy) is 2. The van der Waals surface area contributed by atoms with Crippen LogP contribution in [0.2, 0.25) is 0 Å². The highest BCUT2D eigenvalue weighted by molar-refractivity contribution is 7.92. The van der Waals surface area contributed by atoms with Crippen LogP contribution in [0.15, 0.2) is 71.6 Å². The maximum absolute atomic E-state index is 14.4. The molecule has 0 unspecified atom stereocenters. The number of nitrogens with one attached hydrogen (secondary N) is 2. The Morgan fingerprint density at radius 1 is 0.961 bits per heavy atom. The second kappa shape index (κ2) is 12.1. The van der Waals surface area contributed by atoms with E-state index in [1.54, 1.807) is 24.1 Å². The summed E-state index contributed by atoms with van der Waals surface area (Å²) in [4.78, 5) is 39.0. The number of hydrogen-bond acceptors (Lipinski definition) is 8. The third-order valence-electron chi connectivity index (χ3n) is 10.2. The lowest BCUT2D eigenvalue weighted by atomic mass is 9.97. The first-order valence-electron chi connectivity index (χ1n) is 17.0. The largest absolute Gasteiger partial charge is 0.497 e. The molecular weight excluding hydrogens is 669 g/mol. The number of anilines is 1. The highest BCUT2D eigenvalue weighted by Gasteiger charge is 2.42. The molecule has 262 valence electrons. The second-order valence-corrected chi connectivity index (χ2v) is 15.3. The van der Waals surface area contributed by atoms with Crippen LogP contribution in [0.1, 0.15) is 69.3 Å². The maximum Gasteiger partial charge on any atom is 0.264 e. The first-order chi connectivity index (χ1) is 24.4. The van der Waals surface area contributed by atoms with Crippen molar-refractivity contribution in [3.05, 3.63) is 94.7 Å². The molecule has 3 aliphatic rings. The van der Waals surface area contributed by atoms with E-state index in [2.05, 4.69) is 24.6 Å². The van der Waals surface area contributed by atoms with Gasteiger partial charge in [0.15, 0.2) is 5.72 Å². The molecule has 0 radical (unpaired) electrons. The summed E-state index contributed by atoms with van der Waals surface area (Å²) in [5.74, 6) is 0.000809. The van der Waals surface area contributed by atoms with Gasteiger partial charge in [0, 0.05) is 65.8 Å². The van der Waals surface area contributed by atoms with E-state index in [1.165, 1.54) is 18.2 Å². The van der Waals surface area contributed by atoms with E-state index in [4.69, 9.17) is 9.47 Å². The normalized spacial score (nSPS) is 17.9. The molecule has 4 heterocycles. The van der Waals surface area contributed by atoms with Crippen LogP contribution in [-0.4, -0.2) is 65.6 Å². The molecule has 13 heteroatoms. The summed E-state index contributed by atoms with van der Waals surface area (Å²) in [5.41, 5.74) is 4.63. The summed E-state index contributed by atoms with van der Waals surface area (Å²) in [6, 6.07) is 19.5. The maximum atomic E-state index is 14.4. The lowest BCUT2D eigenvalue weighted by Crippen LogP contribution is -2.59. The summed E-state index contributed by atoms with van der Waals surface area (Å²) in [5, 5.41) is 3.92. The van der Waals surface area contributed by atoms with Crippen molar-refractivity contribution in [2.24, 2.45) is 0 Å². The number of sulfonamides is 1. The number of fused-ring (bicyclic) bond motifs is 5. The molecule has 1 saturated heterocycles. The Balaban J connectivity index is 1.17. The van der Waals surface area contributed by atoms with Gasteiger partial charge in [0.1, 0.15) is 5.75 Å². The number of rotatable bonds is 4. The molecule has 1 aliphatic carbocycles. The van der Waals surface area contributed by atoms with Gasteiger partial charge in [-0.1, -0.05) is 24.3 Å². The van der Waals surface area contributed by atoms with Crippen LogP contribution < -0.4 is 19.5 Å². The predicted octanol–water partition coefficient (Wildman–Crippen LogP) is 5.92. The topological polar surface area (TPSA) is 145 Å². The van der Waals surface area contributed by atoms with Gasteiger partial charge in [0.25, 0.3) is 21.8 Å². The molecule has 2 amide bonds. The van der Waals surface area contributed by atoms with Gasteiger partial charge in [-0.25, -0.2) is 18.1 Å². The number of nitrogens with zero attached hydrogens (tertiary/aromatic N) is 4. The van der Waals surface area contributed by atoms with Gasteiger partial charge in [-0.15, -0.1) is 0 Å². The zero-order valence-corrected chi connectivity index (χ0v) is 29.6. The Morgan fingerprint density at radius 3 is 2.39 bits per heavy atom. The molecule has 3 aromatic carbocycles. The third kappa shape index (κ3) is 5.84. The Hall–Kier alpha value is -5.43. The molecule has 1 saturated carbocycles. The molecule has 2 aliphatic heterocycles. The first-order valence-corrected chi connectivity index (χ1v) is 18.5. The van der Waals surface area contributed by atoms with E-state index in [9.17, 15) is 18.0 Å². The first kappa shape index (κ1) is 32.8. The summed E-state index contributed by atoms with van der Waals surface area (Å²) >= 11 is 0. The number of carbonyl (C=O) groups excluding carboxylic acids is 2. The average molecular weight is 707 g/mol. The van der Waals surface area contributed by atoms with E-state index in [-0.39, 0.29) is 54.1 Å². The molecule has 0 atom stereocenters. The summed E-state index contributed by atoms with van der Waals surface area (Å²) in [6.07, 6.45) is 2.65. The molecule has 12 nitrogen and oxygen atoms in total. The van der Waals surface area contributed by atoms with Crippen LogP contribution in [0.4, 0.5) is 5.95 Å². The molecule has 8 rings (SSSR count). The van der Waals surface area contributed by atoms with Crippen LogP contribution in [0, 0.1) is 20.8 Å². The average Bonchev–Trinajstić information content (AvgIpc) is 3.89. The summed E-state index contributed by atoms with van der Waals surface area (Å²) < 4.78 is 43.9. The van der Waals surface area contributed by atoms with Gasteiger partial charge >= 0.3 is 0 Å². The standard InChI is InChI=1S/C38H38N6O6S/c1-22-7-5-8-23(2)33(22)30-21-32-40-37(39-30)42-51(47,48)28-10-6-9-25(19-28)35(45)41-38(50-32)15-17-43(18-16-38)36(46)34-24(3)44(26-11-12-26)31-14-13-27(49-4)20-29(31)34/h5-10,13-14,19-21,26H,11-12,15-18H2,1-4H3,(H,41,45)(H,39,40,42). The smallest absolute Gasteiger partial charge is 0.264 e. The highest BCUT2D eigenvalue weighted by Crippen LogP contribution is 2.43. The number of hydrogen-bond donors (Lipinski definition) is 2. The minimum absolute atomic E-state index is 0.0834. The second-order valence-electron chi connectivity index (χ2n) is 13.6. The van der Waals surface area contributed by atoms with Gasteiger partial charge in [-0.3, -0.25) is 9.59 Å². The third-order valence-corrected chi connectivity index (χ3v) is 11.5. The zero-order chi connectivity index (χ0) is 35.7. The van der Waals surface area contributed by atoms with Crippen molar-refractivity contribution in [3.8, 4) is 22.9 Å². The minimum Gasteiger partial charge on any atom is -0.497 e. The van der Waals surface area contributed by atoms with Gasteiger partial charge in [-0.2, -0.15) is 4.98 Å². The molecule has 2 N–H and O–H groups in total. The van der Waals surface area contributed by atoms with Crippen molar-refractivity contribution in [3.63, 3.8) is 0 Å². The lowest BCUT2D eigenvalue weighted by molar-refractivity contribution is -0.0199. The molecule has 4 bridgehead atoms. The van der Waals surface area contributed by atoms with Crippen molar-refractivity contribution < 1.29 is 27.5 Å². The molecule has 51 heavy (non-hydrogen) atoms. The van der Waals surface area contributed by atoms with Crippen LogP contribution in [0.5, 0.6) is 11.6 Å². The molecule has 1 spiro atoms. The van der Waals surface area contributed by atoms with Gasteiger partial charge in [0.2, 0.25) is 11.8 Å². The van der Waals surface area contributed by atoms with Crippen LogP contribution in [0.25, 0.3) is 22.2 Å². The summed E-state index contributed by atoms with van der Waals surface area (Å²) in [7, 11) is -2.54. The number of aromatic nitrogens is 3. The summed E-state index contributed by atoms with van der Waals surface area (Å²) in [6.45, 7) is 6.47. The monoisotopic (exact) mass is 706 g/mol. The Morgan fingerprint density at radius 2 is 1.69 bits per heavy atom. The van der Waals surface area contributed by atoms with Crippen molar-refractivity contribution in [2.75, 3.05) is 24.9 Å². The van der Waals surface area contributed by atoms with E-state index < -0.39 is 21.7 Å². The predicted molar refractivity (Wildman–Crippen MR) is 192 cm³/mol. The Kier molecular flexibility index (Phi) is 7.78. The quantitative estimate of drug-likeness (QED) is 0.234. The number of piperidine rings is 1.